The van der Waals surface area contributed by atoms with Gasteiger partial charge < -0.3 is 15.7 Å². The van der Waals surface area contributed by atoms with E-state index in [-0.39, 0.29) is 24.9 Å². The number of aliphatic hydroxyl groups is 1. The third-order valence-corrected chi connectivity index (χ3v) is 3.05. The summed E-state index contributed by atoms with van der Waals surface area (Å²) in [5.74, 6) is -0.314. The van der Waals surface area contributed by atoms with E-state index in [1.54, 1.807) is 24.3 Å². The highest BCUT2D eigenvalue weighted by Crippen LogP contribution is 2.09. The van der Waals surface area contributed by atoms with Crippen molar-refractivity contribution in [3.8, 4) is 0 Å². The first-order valence-electron chi connectivity index (χ1n) is 6.87. The predicted octanol–water partition coefficient (Wildman–Crippen LogP) is 1.59. The zero-order chi connectivity index (χ0) is 15.8. The summed E-state index contributed by atoms with van der Waals surface area (Å²) >= 11 is 5.73. The highest BCUT2D eigenvalue weighted by molar-refractivity contribution is 6.30. The van der Waals surface area contributed by atoms with Crippen LogP contribution in [0.2, 0.25) is 5.02 Å². The minimum Gasteiger partial charge on any atom is -0.391 e. The van der Waals surface area contributed by atoms with Crippen LogP contribution in [-0.4, -0.2) is 36.1 Å². The van der Waals surface area contributed by atoms with E-state index in [4.69, 9.17) is 11.6 Å². The Balaban J connectivity index is 2.29. The molecule has 6 heteroatoms. The van der Waals surface area contributed by atoms with Gasteiger partial charge in [-0.2, -0.15) is 0 Å². The maximum Gasteiger partial charge on any atom is 0.251 e. The summed E-state index contributed by atoms with van der Waals surface area (Å²) < 4.78 is 0. The smallest absolute Gasteiger partial charge is 0.251 e. The van der Waals surface area contributed by atoms with Crippen molar-refractivity contribution < 1.29 is 14.7 Å². The standard InChI is InChI=1S/C15H21ClN2O3/c1-10(2)7-13(19)8-17-14(20)9-18-15(21)11-3-5-12(16)6-4-11/h3-6,10,13,19H,7-9H2,1-2H3,(H,17,20)(H,18,21). The number of nitrogens with one attached hydrogen (secondary N) is 2. The zero-order valence-electron chi connectivity index (χ0n) is 12.2. The number of amides is 2. The van der Waals surface area contributed by atoms with Crippen LogP contribution >= 0.6 is 11.6 Å². The number of carbonyl (C=O) groups excluding carboxylic acids is 2. The Morgan fingerprint density at radius 2 is 1.81 bits per heavy atom. The van der Waals surface area contributed by atoms with Crippen LogP contribution in [0.4, 0.5) is 0 Å². The monoisotopic (exact) mass is 312 g/mol. The van der Waals surface area contributed by atoms with Gasteiger partial charge in [-0.05, 0) is 36.6 Å². The van der Waals surface area contributed by atoms with Crippen LogP contribution in [0.1, 0.15) is 30.6 Å². The quantitative estimate of drug-likeness (QED) is 0.715. The highest BCUT2D eigenvalue weighted by Gasteiger charge is 2.10. The summed E-state index contributed by atoms with van der Waals surface area (Å²) in [5.41, 5.74) is 0.437. The molecule has 0 aromatic heterocycles. The molecule has 1 atom stereocenters. The maximum absolute atomic E-state index is 11.8. The van der Waals surface area contributed by atoms with Gasteiger partial charge in [-0.1, -0.05) is 25.4 Å². The number of rotatable bonds is 7. The Bertz CT molecular complexity index is 474. The molecule has 5 nitrogen and oxygen atoms in total. The van der Waals surface area contributed by atoms with Crippen molar-refractivity contribution in [3.05, 3.63) is 34.9 Å². The van der Waals surface area contributed by atoms with Crippen LogP contribution in [0.3, 0.4) is 0 Å². The minimum absolute atomic E-state index is 0.129. The van der Waals surface area contributed by atoms with Crippen LogP contribution in [0.15, 0.2) is 24.3 Å². The Morgan fingerprint density at radius 1 is 1.19 bits per heavy atom. The van der Waals surface area contributed by atoms with Crippen molar-refractivity contribution in [2.24, 2.45) is 5.92 Å². The Morgan fingerprint density at radius 3 is 2.38 bits per heavy atom. The second-order valence-corrected chi connectivity index (χ2v) is 5.71. The number of hydrogen-bond donors (Lipinski definition) is 3. The lowest BCUT2D eigenvalue weighted by Gasteiger charge is -2.14. The van der Waals surface area contributed by atoms with Crippen molar-refractivity contribution in [1.82, 2.24) is 10.6 Å². The van der Waals surface area contributed by atoms with Crippen molar-refractivity contribution >= 4 is 23.4 Å². The van der Waals surface area contributed by atoms with E-state index >= 15 is 0 Å². The first kappa shape index (κ1) is 17.5. The number of carbonyl (C=O) groups is 2. The zero-order valence-corrected chi connectivity index (χ0v) is 13.0. The first-order valence-corrected chi connectivity index (χ1v) is 7.24. The third kappa shape index (κ3) is 7.11. The fraction of sp³-hybridized carbons (Fsp3) is 0.467. The summed E-state index contributed by atoms with van der Waals surface area (Å²) in [6, 6.07) is 6.39. The Kier molecular flexibility index (Phi) is 7.19. The lowest BCUT2D eigenvalue weighted by atomic mass is 10.1. The van der Waals surface area contributed by atoms with Gasteiger partial charge in [0, 0.05) is 17.1 Å². The van der Waals surface area contributed by atoms with Crippen LogP contribution < -0.4 is 10.6 Å². The topological polar surface area (TPSA) is 78.4 Å². The summed E-state index contributed by atoms with van der Waals surface area (Å²) in [7, 11) is 0. The van der Waals surface area contributed by atoms with Gasteiger partial charge in [0.15, 0.2) is 0 Å². The SMILES string of the molecule is CC(C)CC(O)CNC(=O)CNC(=O)c1ccc(Cl)cc1. The highest BCUT2D eigenvalue weighted by atomic mass is 35.5. The fourth-order valence-electron chi connectivity index (χ4n) is 1.79. The van der Waals surface area contributed by atoms with Crippen LogP contribution in [0.25, 0.3) is 0 Å². The second-order valence-electron chi connectivity index (χ2n) is 5.28. The molecule has 0 bridgehead atoms. The van der Waals surface area contributed by atoms with Gasteiger partial charge >= 0.3 is 0 Å². The number of hydrogen-bond acceptors (Lipinski definition) is 3. The van der Waals surface area contributed by atoms with Crippen molar-refractivity contribution in [3.63, 3.8) is 0 Å². The fourth-order valence-corrected chi connectivity index (χ4v) is 1.91. The molecular formula is C15H21ClN2O3. The largest absolute Gasteiger partial charge is 0.391 e. The molecule has 0 radical (unpaired) electrons. The van der Waals surface area contributed by atoms with Gasteiger partial charge in [-0.15, -0.1) is 0 Å². The molecular weight excluding hydrogens is 292 g/mol. The molecule has 2 amide bonds. The molecule has 0 aliphatic carbocycles. The van der Waals surface area contributed by atoms with Gasteiger partial charge in [0.05, 0.1) is 12.6 Å². The average Bonchev–Trinajstić information content (AvgIpc) is 2.42. The number of benzene rings is 1. The second kappa shape index (κ2) is 8.64. The van der Waals surface area contributed by atoms with Gasteiger partial charge in [-0.25, -0.2) is 0 Å². The van der Waals surface area contributed by atoms with Crippen LogP contribution in [-0.2, 0) is 4.79 Å². The van der Waals surface area contributed by atoms with Gasteiger partial charge in [-0.3, -0.25) is 9.59 Å². The average molecular weight is 313 g/mol. The summed E-state index contributed by atoms with van der Waals surface area (Å²) in [4.78, 5) is 23.3. The molecule has 116 valence electrons. The van der Waals surface area contributed by atoms with Gasteiger partial charge in [0.25, 0.3) is 5.91 Å². The van der Waals surface area contributed by atoms with E-state index in [1.165, 1.54) is 0 Å². The lowest BCUT2D eigenvalue weighted by Crippen LogP contribution is -2.40. The van der Waals surface area contributed by atoms with Gasteiger partial charge in [0.1, 0.15) is 0 Å². The molecule has 0 spiro atoms. The molecule has 1 unspecified atom stereocenters. The van der Waals surface area contributed by atoms with Crippen molar-refractivity contribution in [2.45, 2.75) is 26.4 Å². The Hall–Kier alpha value is -1.59. The molecule has 1 rings (SSSR count). The molecule has 0 saturated carbocycles. The first-order chi connectivity index (χ1) is 9.88. The van der Waals surface area contributed by atoms with Crippen LogP contribution in [0, 0.1) is 5.92 Å². The number of aliphatic hydroxyl groups excluding tert-OH is 1. The van der Waals surface area contributed by atoms with E-state index in [1.807, 2.05) is 13.8 Å². The molecule has 0 heterocycles. The number of halogens is 1. The predicted molar refractivity (Wildman–Crippen MR) is 82.3 cm³/mol. The summed E-state index contributed by atoms with van der Waals surface area (Å²) in [5, 5.41) is 15.3. The normalized spacial score (nSPS) is 12.0. The molecule has 3 N–H and O–H groups in total. The van der Waals surface area contributed by atoms with E-state index in [0.29, 0.717) is 22.9 Å². The molecule has 0 aliphatic rings. The molecule has 21 heavy (non-hydrogen) atoms. The van der Waals surface area contributed by atoms with E-state index in [9.17, 15) is 14.7 Å². The molecule has 1 aromatic carbocycles. The van der Waals surface area contributed by atoms with Crippen LogP contribution in [0.5, 0.6) is 0 Å². The van der Waals surface area contributed by atoms with E-state index in [0.717, 1.165) is 0 Å². The van der Waals surface area contributed by atoms with E-state index in [2.05, 4.69) is 10.6 Å². The molecule has 0 saturated heterocycles. The summed E-state index contributed by atoms with van der Waals surface area (Å²) in [6.45, 7) is 4.05. The minimum atomic E-state index is -0.569. The molecule has 1 aromatic rings. The molecule has 0 fully saturated rings. The lowest BCUT2D eigenvalue weighted by molar-refractivity contribution is -0.120. The molecule has 0 aliphatic heterocycles. The van der Waals surface area contributed by atoms with Crippen molar-refractivity contribution in [1.29, 1.82) is 0 Å². The van der Waals surface area contributed by atoms with Crippen molar-refractivity contribution in [2.75, 3.05) is 13.1 Å². The van der Waals surface area contributed by atoms with Gasteiger partial charge in [0.2, 0.25) is 5.91 Å². The third-order valence-electron chi connectivity index (χ3n) is 2.79. The Labute approximate surface area is 129 Å². The maximum atomic E-state index is 11.8. The van der Waals surface area contributed by atoms with E-state index < -0.39 is 6.10 Å². The summed E-state index contributed by atoms with van der Waals surface area (Å²) in [6.07, 6.45) is 0.0538.